The predicted octanol–water partition coefficient (Wildman–Crippen LogP) is 1.69. The van der Waals surface area contributed by atoms with Crippen LogP contribution < -0.4 is 10.9 Å². The number of nitrogens with zero attached hydrogens (tertiary/aromatic N) is 1. The van der Waals surface area contributed by atoms with E-state index in [4.69, 9.17) is 4.74 Å². The second-order valence-corrected chi connectivity index (χ2v) is 6.94. The van der Waals surface area contributed by atoms with Crippen molar-refractivity contribution in [1.82, 2.24) is 15.3 Å². The highest BCUT2D eigenvalue weighted by atomic mass is 16.5. The van der Waals surface area contributed by atoms with Gasteiger partial charge in [-0.25, -0.2) is 4.98 Å². The van der Waals surface area contributed by atoms with E-state index in [0.717, 1.165) is 30.8 Å². The molecule has 1 aromatic heterocycles. The third-order valence-corrected chi connectivity index (χ3v) is 4.07. The van der Waals surface area contributed by atoms with Crippen molar-refractivity contribution in [2.24, 2.45) is 0 Å². The molecule has 3 atom stereocenters. The second-order valence-electron chi connectivity index (χ2n) is 6.94. The molecular weight excluding hydrogens is 254 g/mol. The van der Waals surface area contributed by atoms with E-state index in [2.05, 4.69) is 36.1 Å². The number of hydrogen-bond acceptors (Lipinski definition) is 4. The quantitative estimate of drug-likeness (QED) is 0.882. The Hall–Kier alpha value is -1.20. The standard InChI is InChI=1S/C15H23N3O2/c1-15(2,3)16-8-9-6-13(19)18-14(17-9)11-7-10-4-5-12(11)20-10/h6,10-12,16H,4-5,7-8H2,1-3H3,(H,17,18,19). The molecule has 2 bridgehead atoms. The molecule has 2 saturated heterocycles. The van der Waals surface area contributed by atoms with Crippen LogP contribution >= 0.6 is 0 Å². The van der Waals surface area contributed by atoms with Gasteiger partial charge in [0.05, 0.1) is 17.9 Å². The van der Waals surface area contributed by atoms with Crippen molar-refractivity contribution in [2.75, 3.05) is 0 Å². The van der Waals surface area contributed by atoms with Gasteiger partial charge in [0.1, 0.15) is 5.82 Å². The van der Waals surface area contributed by atoms with Gasteiger partial charge in [0.25, 0.3) is 5.56 Å². The molecule has 5 heteroatoms. The maximum absolute atomic E-state index is 11.8. The zero-order valence-electron chi connectivity index (χ0n) is 12.4. The maximum atomic E-state index is 11.8. The molecule has 0 aromatic carbocycles. The van der Waals surface area contributed by atoms with Crippen LogP contribution in [0.15, 0.2) is 10.9 Å². The molecule has 2 N–H and O–H groups in total. The van der Waals surface area contributed by atoms with Crippen LogP contribution in [0, 0.1) is 0 Å². The van der Waals surface area contributed by atoms with Crippen LogP contribution in [0.25, 0.3) is 0 Å². The fraction of sp³-hybridized carbons (Fsp3) is 0.733. The Morgan fingerprint density at radius 1 is 1.45 bits per heavy atom. The van der Waals surface area contributed by atoms with Crippen molar-refractivity contribution >= 4 is 0 Å². The molecule has 110 valence electrons. The lowest BCUT2D eigenvalue weighted by atomic mass is 9.88. The number of aromatic amines is 1. The van der Waals surface area contributed by atoms with E-state index in [9.17, 15) is 4.79 Å². The van der Waals surface area contributed by atoms with Crippen molar-refractivity contribution in [3.8, 4) is 0 Å². The fourth-order valence-corrected chi connectivity index (χ4v) is 3.08. The minimum Gasteiger partial charge on any atom is -0.374 e. The monoisotopic (exact) mass is 277 g/mol. The van der Waals surface area contributed by atoms with Gasteiger partial charge >= 0.3 is 0 Å². The van der Waals surface area contributed by atoms with Crippen LogP contribution in [0.3, 0.4) is 0 Å². The molecule has 0 radical (unpaired) electrons. The van der Waals surface area contributed by atoms with E-state index in [1.54, 1.807) is 6.07 Å². The third-order valence-electron chi connectivity index (χ3n) is 4.07. The summed E-state index contributed by atoms with van der Waals surface area (Å²) in [6, 6.07) is 1.58. The summed E-state index contributed by atoms with van der Waals surface area (Å²) in [7, 11) is 0. The number of nitrogens with one attached hydrogen (secondary N) is 2. The highest BCUT2D eigenvalue weighted by Gasteiger charge is 2.42. The average Bonchev–Trinajstić information content (AvgIpc) is 2.97. The number of aromatic nitrogens is 2. The molecule has 0 saturated carbocycles. The van der Waals surface area contributed by atoms with Crippen molar-refractivity contribution in [1.29, 1.82) is 0 Å². The first-order valence-corrected chi connectivity index (χ1v) is 7.41. The number of ether oxygens (including phenoxy) is 1. The van der Waals surface area contributed by atoms with Crippen LogP contribution in [0.1, 0.15) is 57.5 Å². The summed E-state index contributed by atoms with van der Waals surface area (Å²) in [5.41, 5.74) is 0.755. The van der Waals surface area contributed by atoms with E-state index < -0.39 is 0 Å². The van der Waals surface area contributed by atoms with Crippen molar-refractivity contribution < 1.29 is 4.74 Å². The molecule has 20 heavy (non-hydrogen) atoms. The van der Waals surface area contributed by atoms with Crippen LogP contribution in [0.5, 0.6) is 0 Å². The Bertz CT molecular complexity index is 547. The number of fused-ring (bicyclic) bond motifs is 2. The third kappa shape index (κ3) is 2.94. The van der Waals surface area contributed by atoms with Crippen molar-refractivity contribution in [2.45, 2.75) is 70.2 Å². The molecule has 3 unspecified atom stereocenters. The molecular formula is C15H23N3O2. The van der Waals surface area contributed by atoms with Gasteiger partial charge in [-0.3, -0.25) is 4.79 Å². The van der Waals surface area contributed by atoms with Gasteiger partial charge in [-0.15, -0.1) is 0 Å². The van der Waals surface area contributed by atoms with Crippen LogP contribution in [0.2, 0.25) is 0 Å². The molecule has 2 aliphatic rings. The summed E-state index contributed by atoms with van der Waals surface area (Å²) < 4.78 is 5.86. The minimum absolute atomic E-state index is 0.0139. The highest BCUT2D eigenvalue weighted by molar-refractivity contribution is 5.11. The van der Waals surface area contributed by atoms with Crippen LogP contribution in [-0.4, -0.2) is 27.7 Å². The van der Waals surface area contributed by atoms with Crippen LogP contribution in [0.4, 0.5) is 0 Å². The number of hydrogen-bond donors (Lipinski definition) is 2. The topological polar surface area (TPSA) is 67.0 Å². The molecule has 0 amide bonds. The smallest absolute Gasteiger partial charge is 0.251 e. The minimum atomic E-state index is -0.0662. The lowest BCUT2D eigenvalue weighted by molar-refractivity contribution is 0.0998. The summed E-state index contributed by atoms with van der Waals surface area (Å²) in [5, 5.41) is 3.37. The van der Waals surface area contributed by atoms with Gasteiger partial charge in [-0.05, 0) is 40.0 Å². The van der Waals surface area contributed by atoms with Gasteiger partial charge in [0.2, 0.25) is 0 Å². The first-order valence-electron chi connectivity index (χ1n) is 7.41. The Balaban J connectivity index is 1.78. The molecule has 1 aromatic rings. The zero-order chi connectivity index (χ0) is 14.3. The first-order chi connectivity index (χ1) is 9.40. The van der Waals surface area contributed by atoms with Crippen molar-refractivity contribution in [3.05, 3.63) is 27.9 Å². The fourth-order valence-electron chi connectivity index (χ4n) is 3.08. The Labute approximate surface area is 119 Å². The normalized spacial score (nSPS) is 29.1. The predicted molar refractivity (Wildman–Crippen MR) is 76.7 cm³/mol. The summed E-state index contributed by atoms with van der Waals surface area (Å²) in [4.78, 5) is 19.4. The molecule has 2 aliphatic heterocycles. The van der Waals surface area contributed by atoms with Gasteiger partial charge in [-0.1, -0.05) is 0 Å². The number of rotatable bonds is 3. The van der Waals surface area contributed by atoms with E-state index >= 15 is 0 Å². The lowest BCUT2D eigenvalue weighted by Gasteiger charge is -2.21. The summed E-state index contributed by atoms with van der Waals surface area (Å²) in [5.74, 6) is 1.06. The Morgan fingerprint density at radius 2 is 2.25 bits per heavy atom. The second kappa shape index (κ2) is 4.97. The van der Waals surface area contributed by atoms with E-state index in [0.29, 0.717) is 12.6 Å². The average molecular weight is 277 g/mol. The molecule has 0 spiro atoms. The van der Waals surface area contributed by atoms with E-state index in [1.807, 2.05) is 0 Å². The van der Waals surface area contributed by atoms with Crippen LogP contribution in [-0.2, 0) is 11.3 Å². The van der Waals surface area contributed by atoms with E-state index in [1.165, 1.54) is 0 Å². The Kier molecular flexibility index (Phi) is 3.42. The van der Waals surface area contributed by atoms with Gasteiger partial charge in [-0.2, -0.15) is 0 Å². The molecule has 3 heterocycles. The Morgan fingerprint density at radius 3 is 2.85 bits per heavy atom. The first kappa shape index (κ1) is 13.8. The largest absolute Gasteiger partial charge is 0.374 e. The van der Waals surface area contributed by atoms with Crippen molar-refractivity contribution in [3.63, 3.8) is 0 Å². The molecule has 5 nitrogen and oxygen atoms in total. The molecule has 2 fully saturated rings. The van der Waals surface area contributed by atoms with E-state index in [-0.39, 0.29) is 23.1 Å². The van der Waals surface area contributed by atoms with Gasteiger partial charge in [0, 0.05) is 24.1 Å². The summed E-state index contributed by atoms with van der Waals surface area (Å²) in [6.07, 6.45) is 3.84. The lowest BCUT2D eigenvalue weighted by Crippen LogP contribution is -2.36. The SMILES string of the molecule is CC(C)(C)NCc1cc(=O)[nH]c(C2CC3CCC2O3)n1. The summed E-state index contributed by atoms with van der Waals surface area (Å²) >= 11 is 0. The number of H-pyrrole nitrogens is 1. The molecule has 3 rings (SSSR count). The maximum Gasteiger partial charge on any atom is 0.251 e. The zero-order valence-corrected chi connectivity index (χ0v) is 12.4. The summed E-state index contributed by atoms with van der Waals surface area (Å²) in [6.45, 7) is 6.92. The highest BCUT2D eigenvalue weighted by Crippen LogP contribution is 2.43. The van der Waals surface area contributed by atoms with Gasteiger partial charge in [0.15, 0.2) is 0 Å². The van der Waals surface area contributed by atoms with Gasteiger partial charge < -0.3 is 15.0 Å². The molecule has 0 aliphatic carbocycles.